The van der Waals surface area contributed by atoms with Gasteiger partial charge in [0.1, 0.15) is 59.1 Å². The zero-order chi connectivity index (χ0) is 35.4. The molecule has 0 amide bonds. The highest BCUT2D eigenvalue weighted by molar-refractivity contribution is 5.53. The van der Waals surface area contributed by atoms with Gasteiger partial charge in [-0.3, -0.25) is 0 Å². The number of hydrogen-bond acceptors (Lipinski definition) is 1. The summed E-state index contributed by atoms with van der Waals surface area (Å²) in [4.78, 5) is 0. The third-order valence-corrected chi connectivity index (χ3v) is 7.87. The molecular weight excluding hydrogens is 664 g/mol. The van der Waals surface area contributed by atoms with Crippen LogP contribution in [0.1, 0.15) is 45.4 Å². The topological polar surface area (TPSA) is 9.23 Å². The molecule has 0 aliphatic heterocycles. The molecule has 6 unspecified atom stereocenters. The summed E-state index contributed by atoms with van der Waals surface area (Å²) in [5, 5.41) is 0. The molecule has 48 heavy (non-hydrogen) atoms. The number of ether oxygens (including phenoxy) is 1. The number of halogens is 12. The van der Waals surface area contributed by atoms with E-state index in [1.165, 1.54) is 12.2 Å². The van der Waals surface area contributed by atoms with Crippen LogP contribution in [-0.4, -0.2) is 24.6 Å². The molecule has 4 aliphatic rings. The smallest absolute Gasteiger partial charge is 0.410 e. The van der Waals surface area contributed by atoms with Gasteiger partial charge in [0.25, 0.3) is 0 Å². The molecule has 258 valence electrons. The molecule has 0 saturated heterocycles. The van der Waals surface area contributed by atoms with Gasteiger partial charge in [-0.1, -0.05) is 55.9 Å². The van der Waals surface area contributed by atoms with Crippen LogP contribution < -0.4 is 0 Å². The number of hydrogen-bond donors (Lipinski definition) is 0. The lowest BCUT2D eigenvalue weighted by Crippen LogP contribution is -2.40. The molecule has 0 bridgehead atoms. The second-order valence-electron chi connectivity index (χ2n) is 11.5. The van der Waals surface area contributed by atoms with Crippen LogP contribution in [0.4, 0.5) is 52.7 Å². The largest absolute Gasteiger partial charge is 0.432 e. The first-order chi connectivity index (χ1) is 22.5. The molecule has 1 nitrogen and oxygen atoms in total. The van der Waals surface area contributed by atoms with Gasteiger partial charge in [-0.15, -0.1) is 0 Å². The highest BCUT2D eigenvalue weighted by Gasteiger charge is 2.53. The van der Waals surface area contributed by atoms with Crippen LogP contribution in [0.3, 0.4) is 0 Å². The maximum Gasteiger partial charge on any atom is 0.410 e. The molecule has 0 aromatic carbocycles. The highest BCUT2D eigenvalue weighted by atomic mass is 19.4. The molecule has 0 spiro atoms. The Balaban J connectivity index is 1.39. The minimum Gasteiger partial charge on any atom is -0.432 e. The number of allylic oxidation sites excluding steroid dienone is 14. The quantitative estimate of drug-likeness (QED) is 0.147. The summed E-state index contributed by atoms with van der Waals surface area (Å²) in [6, 6.07) is 0. The van der Waals surface area contributed by atoms with E-state index in [2.05, 4.69) is 28.4 Å². The first-order valence-electron chi connectivity index (χ1n) is 15.0. The first-order valence-corrected chi connectivity index (χ1v) is 15.0. The van der Waals surface area contributed by atoms with Gasteiger partial charge < -0.3 is 4.74 Å². The van der Waals surface area contributed by atoms with E-state index in [1.807, 2.05) is 6.92 Å². The van der Waals surface area contributed by atoms with Gasteiger partial charge in [-0.2, -0.15) is 22.0 Å². The Morgan fingerprint density at radius 1 is 0.771 bits per heavy atom. The Kier molecular flexibility index (Phi) is 11.5. The number of unbranched alkanes of at least 4 members (excludes halogenated alkanes) is 2. The molecule has 13 heteroatoms. The fourth-order valence-corrected chi connectivity index (χ4v) is 5.40. The molecule has 0 heterocycles. The van der Waals surface area contributed by atoms with Gasteiger partial charge in [0.05, 0.1) is 11.5 Å². The van der Waals surface area contributed by atoms with E-state index in [0.717, 1.165) is 25.3 Å². The Labute approximate surface area is 269 Å². The normalized spacial score (nSPS) is 27.9. The van der Waals surface area contributed by atoms with Crippen molar-refractivity contribution in [1.82, 2.24) is 0 Å². The van der Waals surface area contributed by atoms with Gasteiger partial charge in [-0.25, -0.2) is 30.7 Å². The number of rotatable bonds is 7. The van der Waals surface area contributed by atoms with Crippen molar-refractivity contribution in [3.63, 3.8) is 0 Å². The van der Waals surface area contributed by atoms with Gasteiger partial charge in [0.15, 0.2) is 0 Å². The third kappa shape index (κ3) is 8.91. The van der Waals surface area contributed by atoms with Crippen LogP contribution in [0.25, 0.3) is 0 Å². The van der Waals surface area contributed by atoms with E-state index >= 15 is 0 Å². The Bertz CT molecular complexity index is 1640. The van der Waals surface area contributed by atoms with E-state index in [1.54, 1.807) is 0 Å². The fraction of sp³-hybridized carbons (Fsp3) is 0.429. The first kappa shape index (κ1) is 36.8. The molecule has 0 fully saturated rings. The van der Waals surface area contributed by atoms with Gasteiger partial charge in [0, 0.05) is 23.6 Å². The third-order valence-electron chi connectivity index (χ3n) is 7.87. The summed E-state index contributed by atoms with van der Waals surface area (Å²) in [7, 11) is 0. The second-order valence-corrected chi connectivity index (χ2v) is 11.5. The Morgan fingerprint density at radius 3 is 2.04 bits per heavy atom. The molecule has 0 radical (unpaired) electrons. The lowest BCUT2D eigenvalue weighted by Gasteiger charge is -2.31. The summed E-state index contributed by atoms with van der Waals surface area (Å²) in [6.45, 7) is 2.02. The molecule has 4 aliphatic carbocycles. The minimum absolute atomic E-state index is 0.0127. The van der Waals surface area contributed by atoms with E-state index < -0.39 is 88.4 Å². The minimum atomic E-state index is -5.37. The predicted molar refractivity (Wildman–Crippen MR) is 154 cm³/mol. The Morgan fingerprint density at radius 2 is 1.44 bits per heavy atom. The average molecular weight is 693 g/mol. The fourth-order valence-electron chi connectivity index (χ4n) is 5.40. The molecule has 0 N–H and O–H groups in total. The molecule has 0 saturated carbocycles. The average Bonchev–Trinajstić information content (AvgIpc) is 2.94. The molecule has 0 aromatic heterocycles. The van der Waals surface area contributed by atoms with Gasteiger partial charge in [0.2, 0.25) is 0 Å². The SMILES string of the molecule is CCCCCC1C=C(F)C(C#CC2=CCC(C#CC3=CC(F)C(C(F)(F)OC4=CC(F)C(C(F)(F)F)C(F)=C4)C(F)=C3)C(F)=C2)=C(F)C1. The van der Waals surface area contributed by atoms with Crippen LogP contribution in [0.5, 0.6) is 0 Å². The van der Waals surface area contributed by atoms with Crippen molar-refractivity contribution in [2.45, 2.75) is 70.1 Å². The summed E-state index contributed by atoms with van der Waals surface area (Å²) in [5.41, 5.74) is -0.757. The van der Waals surface area contributed by atoms with E-state index in [9.17, 15) is 52.7 Å². The van der Waals surface area contributed by atoms with Crippen molar-refractivity contribution in [2.24, 2.45) is 23.7 Å². The summed E-state index contributed by atoms with van der Waals surface area (Å²) < 4.78 is 173. The zero-order valence-electron chi connectivity index (χ0n) is 25.2. The van der Waals surface area contributed by atoms with E-state index in [0.29, 0.717) is 18.6 Å². The van der Waals surface area contributed by atoms with Crippen LogP contribution in [0.2, 0.25) is 0 Å². The number of alkyl halides is 7. The summed E-state index contributed by atoms with van der Waals surface area (Å²) >= 11 is 0. The monoisotopic (exact) mass is 692 g/mol. The molecule has 0 aromatic rings. The van der Waals surface area contributed by atoms with E-state index in [-0.39, 0.29) is 36.5 Å². The van der Waals surface area contributed by atoms with Crippen molar-refractivity contribution < 1.29 is 57.4 Å². The van der Waals surface area contributed by atoms with Gasteiger partial charge in [-0.05, 0) is 49.1 Å². The van der Waals surface area contributed by atoms with Crippen molar-refractivity contribution in [3.8, 4) is 23.7 Å². The van der Waals surface area contributed by atoms with Crippen molar-refractivity contribution in [3.05, 3.63) is 94.1 Å². The zero-order valence-corrected chi connectivity index (χ0v) is 25.2. The van der Waals surface area contributed by atoms with Gasteiger partial charge >= 0.3 is 12.3 Å². The lowest BCUT2D eigenvalue weighted by molar-refractivity contribution is -0.251. The van der Waals surface area contributed by atoms with Crippen LogP contribution in [0, 0.1) is 47.4 Å². The lowest BCUT2D eigenvalue weighted by atomic mass is 9.90. The van der Waals surface area contributed by atoms with Crippen LogP contribution in [0.15, 0.2) is 94.1 Å². The molecular formula is C35H28F12O. The molecule has 6 atom stereocenters. The van der Waals surface area contributed by atoms with E-state index in [4.69, 9.17) is 0 Å². The summed E-state index contributed by atoms with van der Waals surface area (Å²) in [6.07, 6.45) is -8.42. The Hall–Kier alpha value is -4.00. The van der Waals surface area contributed by atoms with Crippen molar-refractivity contribution >= 4 is 0 Å². The van der Waals surface area contributed by atoms with Crippen molar-refractivity contribution in [2.75, 3.05) is 0 Å². The van der Waals surface area contributed by atoms with Crippen LogP contribution in [-0.2, 0) is 4.74 Å². The van der Waals surface area contributed by atoms with Crippen LogP contribution >= 0.6 is 0 Å². The van der Waals surface area contributed by atoms with Crippen molar-refractivity contribution in [1.29, 1.82) is 0 Å². The maximum absolute atomic E-state index is 14.8. The highest BCUT2D eigenvalue weighted by Crippen LogP contribution is 2.45. The maximum atomic E-state index is 14.8. The summed E-state index contributed by atoms with van der Waals surface area (Å²) in [5.74, 6) is -5.71. The second kappa shape index (κ2) is 15.0. The molecule has 4 rings (SSSR count). The predicted octanol–water partition coefficient (Wildman–Crippen LogP) is 11.1. The standard InChI is InChI=1S/C35H28F12O/c1-2-3-4-5-20-13-26(37)24(27(38)14-20)11-8-19-6-9-22(25(36)12-19)10-7-21-15-28(39)33(29(40)16-21)35(46,47)48-23-17-30(41)32(31(42)18-23)34(43,44)45/h6,12-13,15-18,20,22,28,30,32-33H,2-5,9,14H2,1H3.